The summed E-state index contributed by atoms with van der Waals surface area (Å²) in [6, 6.07) is 13.7. The van der Waals surface area contributed by atoms with Crippen LogP contribution in [0.25, 0.3) is 0 Å². The summed E-state index contributed by atoms with van der Waals surface area (Å²) in [4.78, 5) is 4.37. The molecule has 0 atom stereocenters. The number of nitrogens with one attached hydrogen (secondary N) is 1. The van der Waals surface area contributed by atoms with E-state index >= 15 is 0 Å². The summed E-state index contributed by atoms with van der Waals surface area (Å²) in [7, 11) is 1.59. The average Bonchev–Trinajstić information content (AvgIpc) is 2.64. The second kappa shape index (κ2) is 9.24. The first kappa shape index (κ1) is 18.2. The third kappa shape index (κ3) is 5.47. The Morgan fingerprint density at radius 3 is 2.76 bits per heavy atom. The molecule has 0 unspecified atom stereocenters. The lowest BCUT2D eigenvalue weighted by Crippen LogP contribution is -2.22. The molecule has 0 amide bonds. The minimum Gasteiger partial charge on any atom is -0.493 e. The lowest BCUT2D eigenvalue weighted by Gasteiger charge is -2.10. The zero-order valence-electron chi connectivity index (χ0n) is 14.6. The molecule has 0 fully saturated rings. The average molecular weight is 337 g/mol. The molecule has 0 aliphatic heterocycles. The third-order valence-electron chi connectivity index (χ3n) is 3.58. The number of aryl methyl sites for hydroxylation is 1. The van der Waals surface area contributed by atoms with Gasteiger partial charge in [-0.25, -0.2) is 4.99 Å². The van der Waals surface area contributed by atoms with Crippen molar-refractivity contribution >= 4 is 11.6 Å². The number of aliphatic imine (C=N–C) groups is 1. The fourth-order valence-corrected chi connectivity index (χ4v) is 2.28. The van der Waals surface area contributed by atoms with E-state index in [4.69, 9.17) is 21.6 Å². The first-order valence-corrected chi connectivity index (χ1v) is 8.05. The smallest absolute Gasteiger partial charge is 0.193 e. The Bertz CT molecular complexity index is 779. The lowest BCUT2D eigenvalue weighted by molar-refractivity contribution is 0.330. The molecule has 0 saturated heterocycles. The molecule has 0 bridgehead atoms. The maximum Gasteiger partial charge on any atom is 0.193 e. The number of nitrogens with zero attached hydrogens (tertiary/aromatic N) is 1. The van der Waals surface area contributed by atoms with Crippen LogP contribution in [0.2, 0.25) is 0 Å². The van der Waals surface area contributed by atoms with Crippen molar-refractivity contribution in [3.8, 4) is 23.8 Å². The Labute approximate surface area is 148 Å². The molecule has 25 heavy (non-hydrogen) atoms. The number of guanidine groups is 1. The summed E-state index contributed by atoms with van der Waals surface area (Å²) in [6.07, 6.45) is 6.21. The number of terminal acetylenes is 1. The number of nitrogens with two attached hydrogens (primary N) is 1. The van der Waals surface area contributed by atoms with Crippen LogP contribution in [0.15, 0.2) is 47.5 Å². The summed E-state index contributed by atoms with van der Waals surface area (Å²) in [5.74, 6) is 4.02. The Morgan fingerprint density at radius 2 is 2.04 bits per heavy atom. The number of hydrogen-bond donors (Lipinski definition) is 2. The highest BCUT2D eigenvalue weighted by Gasteiger charge is 2.05. The summed E-state index contributed by atoms with van der Waals surface area (Å²) in [5, 5.41) is 3.10. The van der Waals surface area contributed by atoms with Crippen molar-refractivity contribution in [1.82, 2.24) is 0 Å². The van der Waals surface area contributed by atoms with E-state index in [2.05, 4.69) is 35.3 Å². The SMILES string of the molecule is C#CCOc1cc(CN=C(N)Nc2cccc(CC)c2)ccc1OC. The van der Waals surface area contributed by atoms with E-state index in [0.29, 0.717) is 24.0 Å². The quantitative estimate of drug-likeness (QED) is 0.462. The molecule has 0 aliphatic rings. The van der Waals surface area contributed by atoms with Crippen LogP contribution in [0, 0.1) is 12.3 Å². The Morgan fingerprint density at radius 1 is 1.20 bits per heavy atom. The van der Waals surface area contributed by atoms with Gasteiger partial charge in [0, 0.05) is 5.69 Å². The van der Waals surface area contributed by atoms with Crippen LogP contribution in [0.4, 0.5) is 5.69 Å². The van der Waals surface area contributed by atoms with Gasteiger partial charge in [-0.2, -0.15) is 0 Å². The van der Waals surface area contributed by atoms with E-state index in [-0.39, 0.29) is 6.61 Å². The standard InChI is InChI=1S/C20H23N3O2/c1-4-11-25-19-13-16(9-10-18(19)24-3)14-22-20(21)23-17-8-6-7-15(5-2)12-17/h1,6-10,12-13H,5,11,14H2,2-3H3,(H3,21,22,23). The highest BCUT2D eigenvalue weighted by atomic mass is 16.5. The number of benzene rings is 2. The van der Waals surface area contributed by atoms with Gasteiger partial charge in [0.2, 0.25) is 0 Å². The maximum atomic E-state index is 5.98. The second-order valence-corrected chi connectivity index (χ2v) is 5.36. The number of rotatable bonds is 7. The summed E-state index contributed by atoms with van der Waals surface area (Å²) < 4.78 is 10.7. The van der Waals surface area contributed by atoms with Crippen molar-refractivity contribution in [2.45, 2.75) is 19.9 Å². The van der Waals surface area contributed by atoms with E-state index in [9.17, 15) is 0 Å². The van der Waals surface area contributed by atoms with Crippen molar-refractivity contribution in [2.24, 2.45) is 10.7 Å². The van der Waals surface area contributed by atoms with Crippen LogP contribution in [0.1, 0.15) is 18.1 Å². The molecule has 2 aromatic carbocycles. The summed E-state index contributed by atoms with van der Waals surface area (Å²) >= 11 is 0. The van der Waals surface area contributed by atoms with Gasteiger partial charge in [0.25, 0.3) is 0 Å². The fourth-order valence-electron chi connectivity index (χ4n) is 2.28. The normalized spacial score (nSPS) is 10.8. The third-order valence-corrected chi connectivity index (χ3v) is 3.58. The van der Waals surface area contributed by atoms with Gasteiger partial charge in [-0.05, 0) is 41.8 Å². The molecule has 0 heterocycles. The van der Waals surface area contributed by atoms with Crippen molar-refractivity contribution in [3.05, 3.63) is 53.6 Å². The Kier molecular flexibility index (Phi) is 6.73. The zero-order valence-corrected chi connectivity index (χ0v) is 14.6. The number of ether oxygens (including phenoxy) is 2. The van der Waals surface area contributed by atoms with Crippen LogP contribution >= 0.6 is 0 Å². The largest absolute Gasteiger partial charge is 0.493 e. The van der Waals surface area contributed by atoms with Crippen LogP contribution in [-0.2, 0) is 13.0 Å². The molecule has 5 heteroatoms. The van der Waals surface area contributed by atoms with Crippen LogP contribution in [0.5, 0.6) is 11.5 Å². The first-order chi connectivity index (χ1) is 12.2. The Hall–Kier alpha value is -3.13. The van der Waals surface area contributed by atoms with Crippen LogP contribution < -0.4 is 20.5 Å². The van der Waals surface area contributed by atoms with E-state index < -0.39 is 0 Å². The van der Waals surface area contributed by atoms with Gasteiger partial charge in [-0.3, -0.25) is 0 Å². The molecule has 130 valence electrons. The van der Waals surface area contributed by atoms with Gasteiger partial charge in [0.1, 0.15) is 6.61 Å². The first-order valence-electron chi connectivity index (χ1n) is 8.05. The summed E-state index contributed by atoms with van der Waals surface area (Å²) in [5.41, 5.74) is 9.08. The molecule has 3 N–H and O–H groups in total. The molecule has 2 rings (SSSR count). The Balaban J connectivity index is 2.05. The highest BCUT2D eigenvalue weighted by Crippen LogP contribution is 2.28. The van der Waals surface area contributed by atoms with Crippen LogP contribution in [-0.4, -0.2) is 19.7 Å². The van der Waals surface area contributed by atoms with E-state index in [1.54, 1.807) is 7.11 Å². The van der Waals surface area contributed by atoms with Crippen molar-refractivity contribution < 1.29 is 9.47 Å². The second-order valence-electron chi connectivity index (χ2n) is 5.36. The summed E-state index contributed by atoms with van der Waals surface area (Å²) in [6.45, 7) is 2.71. The van der Waals surface area contributed by atoms with E-state index in [0.717, 1.165) is 17.7 Å². The molecular formula is C20H23N3O2. The fraction of sp³-hybridized carbons (Fsp3) is 0.250. The van der Waals surface area contributed by atoms with Crippen LogP contribution in [0.3, 0.4) is 0 Å². The number of anilines is 1. The van der Waals surface area contributed by atoms with Gasteiger partial charge in [0.15, 0.2) is 17.5 Å². The minimum atomic E-state index is 0.181. The maximum absolute atomic E-state index is 5.98. The predicted octanol–water partition coefficient (Wildman–Crippen LogP) is 3.20. The van der Waals surface area contributed by atoms with Crippen molar-refractivity contribution in [1.29, 1.82) is 0 Å². The molecule has 0 saturated carbocycles. The lowest BCUT2D eigenvalue weighted by atomic mass is 10.1. The zero-order chi connectivity index (χ0) is 18.1. The van der Waals surface area contributed by atoms with Gasteiger partial charge in [-0.15, -0.1) is 6.42 Å². The van der Waals surface area contributed by atoms with E-state index in [1.807, 2.05) is 30.3 Å². The molecular weight excluding hydrogens is 314 g/mol. The molecule has 2 aromatic rings. The molecule has 0 spiro atoms. The predicted molar refractivity (Wildman–Crippen MR) is 102 cm³/mol. The monoisotopic (exact) mass is 337 g/mol. The van der Waals surface area contributed by atoms with Gasteiger partial charge in [-0.1, -0.05) is 31.0 Å². The van der Waals surface area contributed by atoms with Crippen molar-refractivity contribution in [2.75, 3.05) is 19.0 Å². The number of methoxy groups -OCH3 is 1. The van der Waals surface area contributed by atoms with Gasteiger partial charge < -0.3 is 20.5 Å². The minimum absolute atomic E-state index is 0.181. The van der Waals surface area contributed by atoms with Gasteiger partial charge in [0.05, 0.1) is 13.7 Å². The number of hydrogen-bond acceptors (Lipinski definition) is 3. The molecule has 0 aromatic heterocycles. The molecule has 5 nitrogen and oxygen atoms in total. The van der Waals surface area contributed by atoms with Gasteiger partial charge >= 0.3 is 0 Å². The molecule has 0 radical (unpaired) electrons. The topological polar surface area (TPSA) is 68.9 Å². The van der Waals surface area contributed by atoms with E-state index in [1.165, 1.54) is 5.56 Å². The van der Waals surface area contributed by atoms with Crippen molar-refractivity contribution in [3.63, 3.8) is 0 Å². The highest BCUT2D eigenvalue weighted by molar-refractivity contribution is 5.92. The molecule has 0 aliphatic carbocycles.